The quantitative estimate of drug-likeness (QED) is 0.540. The molecule has 1 heteroatoms. The average molecular weight is 339 g/mol. The molecule has 1 aliphatic carbocycles. The first-order valence-corrected chi connectivity index (χ1v) is 10.1. The Labute approximate surface area is 152 Å². The van der Waals surface area contributed by atoms with Crippen LogP contribution < -0.4 is 0 Å². The standard InChI is InChI=1S/C24H31F/c1-3-18-5-7-20(8-6-18)9-10-21-13-16-23(24(25)17-21)22-14-11-19(4-2)12-15-22/h5-8,13,16-17,19,22H,3-4,9-12,14-15H2,1-2H3. The fourth-order valence-corrected chi connectivity index (χ4v) is 4.17. The molecule has 2 aromatic carbocycles. The van der Waals surface area contributed by atoms with Gasteiger partial charge in [-0.05, 0) is 85.1 Å². The van der Waals surface area contributed by atoms with Crippen molar-refractivity contribution in [3.8, 4) is 0 Å². The molecule has 0 atom stereocenters. The second kappa shape index (κ2) is 8.65. The maximum atomic E-state index is 14.6. The molecule has 0 spiro atoms. The van der Waals surface area contributed by atoms with Crippen LogP contribution in [0.3, 0.4) is 0 Å². The van der Waals surface area contributed by atoms with E-state index in [9.17, 15) is 4.39 Å². The van der Waals surface area contributed by atoms with E-state index < -0.39 is 0 Å². The number of hydrogen-bond donors (Lipinski definition) is 0. The maximum Gasteiger partial charge on any atom is 0.126 e. The summed E-state index contributed by atoms with van der Waals surface area (Å²) in [6.07, 6.45) is 9.06. The van der Waals surface area contributed by atoms with E-state index in [2.05, 4.69) is 50.2 Å². The van der Waals surface area contributed by atoms with Gasteiger partial charge in [0.05, 0.1) is 0 Å². The molecule has 0 saturated heterocycles. The van der Waals surface area contributed by atoms with E-state index in [1.54, 1.807) is 6.07 Å². The van der Waals surface area contributed by atoms with Crippen molar-refractivity contribution in [2.24, 2.45) is 5.92 Å². The molecular formula is C24H31F. The van der Waals surface area contributed by atoms with Crippen LogP contribution in [0.2, 0.25) is 0 Å². The number of rotatable bonds is 6. The lowest BCUT2D eigenvalue weighted by atomic mass is 9.77. The first kappa shape index (κ1) is 18.2. The molecule has 3 rings (SSSR count). The summed E-state index contributed by atoms with van der Waals surface area (Å²) in [5, 5.41) is 0. The van der Waals surface area contributed by atoms with Crippen LogP contribution in [0.1, 0.15) is 74.1 Å². The predicted molar refractivity (Wildman–Crippen MR) is 105 cm³/mol. The molecule has 0 heterocycles. The number of benzene rings is 2. The predicted octanol–water partition coefficient (Wildman–Crippen LogP) is 6.86. The Morgan fingerprint density at radius 2 is 1.40 bits per heavy atom. The van der Waals surface area contributed by atoms with Crippen LogP contribution >= 0.6 is 0 Å². The Bertz CT molecular complexity index is 663. The smallest absolute Gasteiger partial charge is 0.126 e. The van der Waals surface area contributed by atoms with Crippen molar-refractivity contribution in [3.05, 3.63) is 70.5 Å². The molecule has 0 nitrogen and oxygen atoms in total. The molecule has 0 aliphatic heterocycles. The molecule has 1 aliphatic rings. The van der Waals surface area contributed by atoms with Crippen molar-refractivity contribution >= 4 is 0 Å². The lowest BCUT2D eigenvalue weighted by Crippen LogP contribution is -2.13. The summed E-state index contributed by atoms with van der Waals surface area (Å²) in [5.41, 5.74) is 4.77. The van der Waals surface area contributed by atoms with E-state index in [-0.39, 0.29) is 5.82 Å². The van der Waals surface area contributed by atoms with Crippen LogP contribution in [0.15, 0.2) is 42.5 Å². The Balaban J connectivity index is 1.59. The number of halogens is 1. The minimum Gasteiger partial charge on any atom is -0.207 e. The molecule has 0 radical (unpaired) electrons. The molecule has 2 aromatic rings. The largest absolute Gasteiger partial charge is 0.207 e. The van der Waals surface area contributed by atoms with Gasteiger partial charge in [0, 0.05) is 0 Å². The van der Waals surface area contributed by atoms with Gasteiger partial charge >= 0.3 is 0 Å². The van der Waals surface area contributed by atoms with E-state index in [0.717, 1.165) is 49.1 Å². The topological polar surface area (TPSA) is 0 Å². The second-order valence-electron chi connectivity index (χ2n) is 7.65. The molecule has 1 saturated carbocycles. The van der Waals surface area contributed by atoms with E-state index in [0.29, 0.717) is 5.92 Å². The highest BCUT2D eigenvalue weighted by Crippen LogP contribution is 2.38. The average Bonchev–Trinajstić information content (AvgIpc) is 2.67. The summed E-state index contributed by atoms with van der Waals surface area (Å²) < 4.78 is 14.6. The molecule has 0 aromatic heterocycles. The number of hydrogen-bond acceptors (Lipinski definition) is 0. The van der Waals surface area contributed by atoms with Gasteiger partial charge in [0.25, 0.3) is 0 Å². The molecule has 134 valence electrons. The molecule has 0 N–H and O–H groups in total. The first-order chi connectivity index (χ1) is 12.2. The third kappa shape index (κ3) is 4.71. The van der Waals surface area contributed by atoms with Crippen LogP contribution in [0, 0.1) is 11.7 Å². The van der Waals surface area contributed by atoms with E-state index in [4.69, 9.17) is 0 Å². The Morgan fingerprint density at radius 1 is 0.800 bits per heavy atom. The van der Waals surface area contributed by atoms with Gasteiger partial charge in [-0.25, -0.2) is 4.39 Å². The molecular weight excluding hydrogens is 307 g/mol. The highest BCUT2D eigenvalue weighted by atomic mass is 19.1. The van der Waals surface area contributed by atoms with Crippen LogP contribution in [0.4, 0.5) is 4.39 Å². The zero-order chi connectivity index (χ0) is 17.6. The highest BCUT2D eigenvalue weighted by molar-refractivity contribution is 5.29. The van der Waals surface area contributed by atoms with E-state index >= 15 is 0 Å². The van der Waals surface area contributed by atoms with Gasteiger partial charge in [-0.2, -0.15) is 0 Å². The third-order valence-electron chi connectivity index (χ3n) is 6.06. The molecule has 0 bridgehead atoms. The molecule has 1 fully saturated rings. The lowest BCUT2D eigenvalue weighted by Gasteiger charge is -2.28. The Hall–Kier alpha value is -1.63. The van der Waals surface area contributed by atoms with Gasteiger partial charge in [0.15, 0.2) is 0 Å². The fourth-order valence-electron chi connectivity index (χ4n) is 4.17. The Morgan fingerprint density at radius 3 is 2.00 bits per heavy atom. The van der Waals surface area contributed by atoms with E-state index in [1.165, 1.54) is 30.4 Å². The third-order valence-corrected chi connectivity index (χ3v) is 6.06. The van der Waals surface area contributed by atoms with E-state index in [1.807, 2.05) is 0 Å². The van der Waals surface area contributed by atoms with Crippen molar-refractivity contribution in [3.63, 3.8) is 0 Å². The van der Waals surface area contributed by atoms with Crippen molar-refractivity contribution in [2.75, 3.05) is 0 Å². The molecule has 0 unspecified atom stereocenters. The summed E-state index contributed by atoms with van der Waals surface area (Å²) in [4.78, 5) is 0. The first-order valence-electron chi connectivity index (χ1n) is 10.1. The minimum absolute atomic E-state index is 0.0128. The van der Waals surface area contributed by atoms with Gasteiger partial charge in [0.1, 0.15) is 5.82 Å². The van der Waals surface area contributed by atoms with Crippen molar-refractivity contribution in [2.45, 2.75) is 71.1 Å². The number of aryl methyl sites for hydroxylation is 3. The van der Waals surface area contributed by atoms with Crippen LogP contribution in [0.25, 0.3) is 0 Å². The zero-order valence-electron chi connectivity index (χ0n) is 15.7. The molecule has 25 heavy (non-hydrogen) atoms. The van der Waals surface area contributed by atoms with Crippen LogP contribution in [0.5, 0.6) is 0 Å². The van der Waals surface area contributed by atoms with Crippen molar-refractivity contribution in [1.82, 2.24) is 0 Å². The zero-order valence-corrected chi connectivity index (χ0v) is 15.7. The van der Waals surface area contributed by atoms with Crippen molar-refractivity contribution in [1.29, 1.82) is 0 Å². The van der Waals surface area contributed by atoms with Crippen LogP contribution in [-0.4, -0.2) is 0 Å². The normalized spacial score (nSPS) is 20.6. The lowest BCUT2D eigenvalue weighted by molar-refractivity contribution is 0.314. The molecule has 0 amide bonds. The minimum atomic E-state index is 0.0128. The van der Waals surface area contributed by atoms with Gasteiger partial charge in [0.2, 0.25) is 0 Å². The Kier molecular flexibility index (Phi) is 6.29. The fraction of sp³-hybridized carbons (Fsp3) is 0.500. The van der Waals surface area contributed by atoms with Gasteiger partial charge in [-0.3, -0.25) is 0 Å². The van der Waals surface area contributed by atoms with Crippen LogP contribution in [-0.2, 0) is 19.3 Å². The maximum absolute atomic E-state index is 14.6. The van der Waals surface area contributed by atoms with Crippen molar-refractivity contribution < 1.29 is 4.39 Å². The summed E-state index contributed by atoms with van der Waals surface area (Å²) >= 11 is 0. The van der Waals surface area contributed by atoms with Gasteiger partial charge < -0.3 is 0 Å². The second-order valence-corrected chi connectivity index (χ2v) is 7.65. The summed E-state index contributed by atoms with van der Waals surface area (Å²) in [6.45, 7) is 4.45. The summed E-state index contributed by atoms with van der Waals surface area (Å²) in [6, 6.07) is 14.8. The summed E-state index contributed by atoms with van der Waals surface area (Å²) in [7, 11) is 0. The van der Waals surface area contributed by atoms with Gasteiger partial charge in [-0.15, -0.1) is 0 Å². The monoisotopic (exact) mass is 338 g/mol. The highest BCUT2D eigenvalue weighted by Gasteiger charge is 2.23. The summed E-state index contributed by atoms with van der Waals surface area (Å²) in [5.74, 6) is 1.30. The van der Waals surface area contributed by atoms with Gasteiger partial charge in [-0.1, -0.05) is 56.7 Å². The SMILES string of the molecule is CCc1ccc(CCc2ccc(C3CCC(CC)CC3)c(F)c2)cc1.